The van der Waals surface area contributed by atoms with Gasteiger partial charge in [0, 0.05) is 31.2 Å². The van der Waals surface area contributed by atoms with E-state index in [1.165, 1.54) is 16.4 Å². The van der Waals surface area contributed by atoms with Crippen LogP contribution in [0.1, 0.15) is 39.5 Å². The van der Waals surface area contributed by atoms with Crippen LogP contribution in [0.5, 0.6) is 0 Å². The van der Waals surface area contributed by atoms with Crippen molar-refractivity contribution in [1.29, 1.82) is 0 Å². The second-order valence-electron chi connectivity index (χ2n) is 7.19. The van der Waals surface area contributed by atoms with Gasteiger partial charge >= 0.3 is 0 Å². The molecule has 0 radical (unpaired) electrons. The van der Waals surface area contributed by atoms with Crippen LogP contribution in [0, 0.1) is 5.92 Å². The van der Waals surface area contributed by atoms with Crippen molar-refractivity contribution in [1.82, 2.24) is 9.21 Å². The molecule has 3 rings (SSSR count). The van der Waals surface area contributed by atoms with Crippen molar-refractivity contribution in [3.8, 4) is 0 Å². The number of sulfonamides is 1. The number of halogens is 1. The Morgan fingerprint density at radius 3 is 2.50 bits per heavy atom. The van der Waals surface area contributed by atoms with E-state index in [4.69, 9.17) is 11.6 Å². The summed E-state index contributed by atoms with van der Waals surface area (Å²) in [5.41, 5.74) is 0.353. The summed E-state index contributed by atoms with van der Waals surface area (Å²) in [4.78, 5) is 26.8. The Kier molecular flexibility index (Phi) is 6.31. The van der Waals surface area contributed by atoms with Gasteiger partial charge in [0.1, 0.15) is 10.9 Å². The molecule has 0 spiro atoms. The first-order chi connectivity index (χ1) is 13.3. The number of likely N-dealkylation sites (tertiary alicyclic amines) is 1. The Balaban J connectivity index is 1.79. The van der Waals surface area contributed by atoms with Crippen LogP contribution in [0.15, 0.2) is 23.1 Å². The van der Waals surface area contributed by atoms with Crippen molar-refractivity contribution in [3.63, 3.8) is 0 Å². The monoisotopic (exact) mass is 427 g/mol. The topological polar surface area (TPSA) is 86.8 Å². The SMILES string of the molecule is CCN(CC)S(=O)(=O)c1cc(NC(=O)C2CCCN2C(=O)C2CC2)ccc1Cl. The minimum absolute atomic E-state index is 0.0343. The molecule has 1 aliphatic heterocycles. The first kappa shape index (κ1) is 21.1. The quantitative estimate of drug-likeness (QED) is 0.724. The molecule has 1 aromatic carbocycles. The van der Waals surface area contributed by atoms with E-state index < -0.39 is 16.1 Å². The van der Waals surface area contributed by atoms with Crippen LogP contribution in [0.4, 0.5) is 5.69 Å². The molecular weight excluding hydrogens is 402 g/mol. The van der Waals surface area contributed by atoms with E-state index in [-0.39, 0.29) is 27.7 Å². The fraction of sp³-hybridized carbons (Fsp3) is 0.579. The zero-order chi connectivity index (χ0) is 20.5. The molecule has 1 aliphatic carbocycles. The Morgan fingerprint density at radius 1 is 1.21 bits per heavy atom. The zero-order valence-corrected chi connectivity index (χ0v) is 17.7. The summed E-state index contributed by atoms with van der Waals surface area (Å²) < 4.78 is 26.9. The Hall–Kier alpha value is -1.64. The van der Waals surface area contributed by atoms with Crippen LogP contribution in [-0.4, -0.2) is 55.1 Å². The van der Waals surface area contributed by atoms with Crippen LogP contribution < -0.4 is 5.32 Å². The number of nitrogens with one attached hydrogen (secondary N) is 1. The molecule has 1 saturated heterocycles. The molecule has 1 N–H and O–H groups in total. The maximum absolute atomic E-state index is 12.8. The highest BCUT2D eigenvalue weighted by atomic mass is 35.5. The average Bonchev–Trinajstić information content (AvgIpc) is 3.39. The Labute approximate surface area is 171 Å². The fourth-order valence-corrected chi connectivity index (χ4v) is 5.53. The predicted octanol–water partition coefficient (Wildman–Crippen LogP) is 2.71. The van der Waals surface area contributed by atoms with Gasteiger partial charge in [-0.05, 0) is 43.9 Å². The minimum Gasteiger partial charge on any atom is -0.330 e. The molecule has 1 atom stereocenters. The van der Waals surface area contributed by atoms with E-state index in [0.717, 1.165) is 19.3 Å². The zero-order valence-electron chi connectivity index (χ0n) is 16.2. The first-order valence-corrected chi connectivity index (χ1v) is 11.5. The van der Waals surface area contributed by atoms with Crippen molar-refractivity contribution in [2.24, 2.45) is 5.92 Å². The molecule has 1 saturated carbocycles. The van der Waals surface area contributed by atoms with Gasteiger partial charge in [-0.3, -0.25) is 9.59 Å². The van der Waals surface area contributed by atoms with Crippen molar-refractivity contribution in [3.05, 3.63) is 23.2 Å². The molecule has 7 nitrogen and oxygen atoms in total. The highest BCUT2D eigenvalue weighted by Gasteiger charge is 2.41. The third-order valence-electron chi connectivity index (χ3n) is 5.29. The lowest BCUT2D eigenvalue weighted by atomic mass is 10.2. The maximum Gasteiger partial charge on any atom is 0.247 e. The van der Waals surface area contributed by atoms with Crippen LogP contribution >= 0.6 is 11.6 Å². The molecule has 28 heavy (non-hydrogen) atoms. The number of hydrogen-bond donors (Lipinski definition) is 1. The maximum atomic E-state index is 12.8. The van der Waals surface area contributed by atoms with Gasteiger partial charge in [0.15, 0.2) is 0 Å². The molecule has 2 fully saturated rings. The van der Waals surface area contributed by atoms with Gasteiger partial charge in [0.2, 0.25) is 21.8 Å². The number of nitrogens with zero attached hydrogens (tertiary/aromatic N) is 2. The van der Waals surface area contributed by atoms with E-state index in [1.54, 1.807) is 24.8 Å². The lowest BCUT2D eigenvalue weighted by Crippen LogP contribution is -2.43. The smallest absolute Gasteiger partial charge is 0.247 e. The van der Waals surface area contributed by atoms with Crippen LogP contribution in [0.25, 0.3) is 0 Å². The molecule has 2 aliphatic rings. The second kappa shape index (κ2) is 8.39. The summed E-state index contributed by atoms with van der Waals surface area (Å²) in [6.07, 6.45) is 3.20. The summed E-state index contributed by atoms with van der Waals surface area (Å²) in [6, 6.07) is 3.92. The van der Waals surface area contributed by atoms with E-state index in [9.17, 15) is 18.0 Å². The summed E-state index contributed by atoms with van der Waals surface area (Å²) in [5, 5.41) is 2.88. The summed E-state index contributed by atoms with van der Waals surface area (Å²) in [6.45, 7) is 4.76. The van der Waals surface area contributed by atoms with Crippen molar-refractivity contribution in [2.45, 2.75) is 50.5 Å². The summed E-state index contributed by atoms with van der Waals surface area (Å²) >= 11 is 6.14. The molecule has 1 heterocycles. The minimum atomic E-state index is -3.75. The van der Waals surface area contributed by atoms with Gasteiger partial charge in [-0.25, -0.2) is 8.42 Å². The number of rotatable bonds is 7. The molecule has 2 amide bonds. The number of amides is 2. The number of carbonyl (C=O) groups excluding carboxylic acids is 2. The first-order valence-electron chi connectivity index (χ1n) is 9.70. The van der Waals surface area contributed by atoms with Crippen LogP contribution in [-0.2, 0) is 19.6 Å². The van der Waals surface area contributed by atoms with Gasteiger partial charge in [0.25, 0.3) is 0 Å². The molecule has 154 valence electrons. The van der Waals surface area contributed by atoms with Gasteiger partial charge in [0.05, 0.1) is 5.02 Å². The summed E-state index contributed by atoms with van der Waals surface area (Å²) in [7, 11) is -3.75. The third kappa shape index (κ3) is 4.18. The van der Waals surface area contributed by atoms with Crippen molar-refractivity contribution in [2.75, 3.05) is 25.0 Å². The lowest BCUT2D eigenvalue weighted by molar-refractivity contribution is -0.137. The Morgan fingerprint density at radius 2 is 1.89 bits per heavy atom. The fourth-order valence-electron chi connectivity index (χ4n) is 3.57. The van der Waals surface area contributed by atoms with Gasteiger partial charge in [-0.2, -0.15) is 4.31 Å². The molecule has 0 aromatic heterocycles. The largest absolute Gasteiger partial charge is 0.330 e. The van der Waals surface area contributed by atoms with Crippen molar-refractivity contribution >= 4 is 39.1 Å². The molecule has 0 bridgehead atoms. The van der Waals surface area contributed by atoms with Gasteiger partial charge in [-0.1, -0.05) is 25.4 Å². The number of benzene rings is 1. The van der Waals surface area contributed by atoms with E-state index in [2.05, 4.69) is 5.32 Å². The second-order valence-corrected chi connectivity index (χ2v) is 9.50. The highest BCUT2D eigenvalue weighted by molar-refractivity contribution is 7.89. The molecule has 1 unspecified atom stereocenters. The molecular formula is C19H26ClN3O4S. The van der Waals surface area contributed by atoms with E-state index >= 15 is 0 Å². The van der Waals surface area contributed by atoms with Crippen molar-refractivity contribution < 1.29 is 18.0 Å². The Bertz CT molecular complexity index is 866. The summed E-state index contributed by atoms with van der Waals surface area (Å²) in [5.74, 6) is -0.173. The highest BCUT2D eigenvalue weighted by Crippen LogP contribution is 2.34. The standard InChI is InChI=1S/C19H26ClN3O4S/c1-3-22(4-2)28(26,27)17-12-14(9-10-15(17)20)21-18(24)16-6-5-11-23(16)19(25)13-7-8-13/h9-10,12-13,16H,3-8,11H2,1-2H3,(H,21,24). The predicted molar refractivity (Wildman–Crippen MR) is 108 cm³/mol. The molecule has 1 aromatic rings. The number of hydrogen-bond acceptors (Lipinski definition) is 4. The van der Waals surface area contributed by atoms with Gasteiger partial charge in [-0.15, -0.1) is 0 Å². The number of carbonyl (C=O) groups is 2. The molecule has 9 heteroatoms. The lowest BCUT2D eigenvalue weighted by Gasteiger charge is -2.24. The third-order valence-corrected chi connectivity index (χ3v) is 7.82. The van der Waals surface area contributed by atoms with E-state index in [1.807, 2.05) is 0 Å². The average molecular weight is 428 g/mol. The van der Waals surface area contributed by atoms with E-state index in [0.29, 0.717) is 31.7 Å². The van der Waals surface area contributed by atoms with Crippen LogP contribution in [0.2, 0.25) is 5.02 Å². The normalized spacial score (nSPS) is 19.9. The van der Waals surface area contributed by atoms with Gasteiger partial charge < -0.3 is 10.2 Å². The van der Waals surface area contributed by atoms with Crippen LogP contribution in [0.3, 0.4) is 0 Å². The number of anilines is 1.